The maximum atomic E-state index is 12.0. The van der Waals surface area contributed by atoms with Crippen LogP contribution in [0.15, 0.2) is 29.2 Å². The molecule has 1 rings (SSSR count). The number of ether oxygens (including phenoxy) is 1. The number of hydrogen-bond acceptors (Lipinski definition) is 4. The normalized spacial score (nSPS) is 12.0. The summed E-state index contributed by atoms with van der Waals surface area (Å²) in [4.78, 5) is 24.6. The largest absolute Gasteiger partial charge is 0.467 e. The van der Waals surface area contributed by atoms with Gasteiger partial charge in [0.2, 0.25) is 5.91 Å². The molecule has 0 spiro atoms. The van der Waals surface area contributed by atoms with Gasteiger partial charge in [0.25, 0.3) is 0 Å². The Balaban J connectivity index is 2.49. The molecule has 1 aromatic carbocycles. The quantitative estimate of drug-likeness (QED) is 0.621. The molecule has 1 aromatic rings. The van der Waals surface area contributed by atoms with Crippen LogP contribution < -0.4 is 5.32 Å². The molecule has 0 fully saturated rings. The molecule has 0 aliphatic carbocycles. The predicted molar refractivity (Wildman–Crippen MR) is 85.3 cm³/mol. The fraction of sp³-hybridized carbons (Fsp3) is 0.500. The van der Waals surface area contributed by atoms with Gasteiger partial charge in [-0.1, -0.05) is 31.5 Å². The van der Waals surface area contributed by atoms with Crippen LogP contribution in [0, 0.1) is 12.8 Å². The van der Waals surface area contributed by atoms with Gasteiger partial charge in [0.1, 0.15) is 6.04 Å². The number of benzene rings is 1. The lowest BCUT2D eigenvalue weighted by molar-refractivity contribution is -0.145. The Morgan fingerprint density at radius 1 is 1.24 bits per heavy atom. The summed E-state index contributed by atoms with van der Waals surface area (Å²) in [5, 5.41) is 2.75. The van der Waals surface area contributed by atoms with Gasteiger partial charge in [-0.2, -0.15) is 0 Å². The number of aryl methyl sites for hydroxylation is 1. The third-order valence-corrected chi connectivity index (χ3v) is 3.93. The lowest BCUT2D eigenvalue weighted by Gasteiger charge is -2.18. The second-order valence-electron chi connectivity index (χ2n) is 5.37. The van der Waals surface area contributed by atoms with Crippen LogP contribution in [0.25, 0.3) is 0 Å². The molecule has 0 saturated carbocycles. The number of thioether (sulfide) groups is 1. The Kier molecular flexibility index (Phi) is 7.29. The SMILES string of the molecule is COC(=O)C(CC(C)C)NC(=O)CSc1ccc(C)cc1. The van der Waals surface area contributed by atoms with E-state index in [0.29, 0.717) is 12.3 Å². The highest BCUT2D eigenvalue weighted by Gasteiger charge is 2.22. The smallest absolute Gasteiger partial charge is 0.328 e. The summed E-state index contributed by atoms with van der Waals surface area (Å²) in [5.41, 5.74) is 1.19. The number of carbonyl (C=O) groups is 2. The van der Waals surface area contributed by atoms with E-state index < -0.39 is 12.0 Å². The van der Waals surface area contributed by atoms with Crippen molar-refractivity contribution in [1.82, 2.24) is 5.32 Å². The average molecular weight is 309 g/mol. The van der Waals surface area contributed by atoms with Crippen LogP contribution in [-0.4, -0.2) is 30.8 Å². The summed E-state index contributed by atoms with van der Waals surface area (Å²) in [6.07, 6.45) is 0.577. The van der Waals surface area contributed by atoms with E-state index >= 15 is 0 Å². The molecule has 21 heavy (non-hydrogen) atoms. The number of amides is 1. The van der Waals surface area contributed by atoms with Crippen LogP contribution in [0.2, 0.25) is 0 Å². The first-order valence-electron chi connectivity index (χ1n) is 6.99. The average Bonchev–Trinajstić information content (AvgIpc) is 2.44. The Hall–Kier alpha value is -1.49. The maximum Gasteiger partial charge on any atom is 0.328 e. The summed E-state index contributed by atoms with van der Waals surface area (Å²) < 4.78 is 4.73. The van der Waals surface area contributed by atoms with E-state index in [-0.39, 0.29) is 11.7 Å². The minimum atomic E-state index is -0.568. The van der Waals surface area contributed by atoms with Gasteiger partial charge in [0.05, 0.1) is 12.9 Å². The zero-order valence-corrected chi connectivity index (χ0v) is 13.8. The second-order valence-corrected chi connectivity index (χ2v) is 6.42. The molecule has 116 valence electrons. The Labute approximate surface area is 130 Å². The van der Waals surface area contributed by atoms with Gasteiger partial charge in [0.15, 0.2) is 0 Å². The van der Waals surface area contributed by atoms with Crippen LogP contribution >= 0.6 is 11.8 Å². The van der Waals surface area contributed by atoms with Gasteiger partial charge in [-0.25, -0.2) is 4.79 Å². The van der Waals surface area contributed by atoms with Crippen molar-refractivity contribution < 1.29 is 14.3 Å². The molecule has 0 aliphatic rings. The maximum absolute atomic E-state index is 12.0. The second kappa shape index (κ2) is 8.72. The molecule has 0 aliphatic heterocycles. The van der Waals surface area contributed by atoms with Crippen molar-refractivity contribution >= 4 is 23.6 Å². The molecule has 1 N–H and O–H groups in total. The highest BCUT2D eigenvalue weighted by molar-refractivity contribution is 8.00. The van der Waals surface area contributed by atoms with Crippen molar-refractivity contribution in [3.63, 3.8) is 0 Å². The van der Waals surface area contributed by atoms with Crippen molar-refractivity contribution in [2.24, 2.45) is 5.92 Å². The van der Waals surface area contributed by atoms with Gasteiger partial charge in [0, 0.05) is 4.90 Å². The number of methoxy groups -OCH3 is 1. The van der Waals surface area contributed by atoms with E-state index in [2.05, 4.69) is 5.32 Å². The third kappa shape index (κ3) is 6.67. The van der Waals surface area contributed by atoms with Crippen molar-refractivity contribution in [2.45, 2.75) is 38.1 Å². The fourth-order valence-electron chi connectivity index (χ4n) is 1.85. The highest BCUT2D eigenvalue weighted by atomic mass is 32.2. The van der Waals surface area contributed by atoms with E-state index in [1.165, 1.54) is 24.4 Å². The number of nitrogens with one attached hydrogen (secondary N) is 1. The molecule has 0 aromatic heterocycles. The Morgan fingerprint density at radius 3 is 2.38 bits per heavy atom. The Bertz CT molecular complexity index is 471. The molecule has 0 heterocycles. The highest BCUT2D eigenvalue weighted by Crippen LogP contribution is 2.18. The summed E-state index contributed by atoms with van der Waals surface area (Å²) >= 11 is 1.45. The van der Waals surface area contributed by atoms with Gasteiger partial charge in [-0.15, -0.1) is 11.8 Å². The van der Waals surface area contributed by atoms with Crippen molar-refractivity contribution in [2.75, 3.05) is 12.9 Å². The topological polar surface area (TPSA) is 55.4 Å². The van der Waals surface area contributed by atoms with E-state index in [0.717, 1.165) is 4.90 Å². The van der Waals surface area contributed by atoms with E-state index in [1.54, 1.807) is 0 Å². The number of rotatable bonds is 7. The molecule has 0 bridgehead atoms. The first-order chi connectivity index (χ1) is 9.92. The van der Waals surface area contributed by atoms with Crippen LogP contribution in [0.3, 0.4) is 0 Å². The van der Waals surface area contributed by atoms with E-state index in [9.17, 15) is 9.59 Å². The zero-order valence-electron chi connectivity index (χ0n) is 13.0. The molecule has 0 radical (unpaired) electrons. The van der Waals surface area contributed by atoms with Crippen LogP contribution in [0.5, 0.6) is 0 Å². The molecule has 1 unspecified atom stereocenters. The van der Waals surface area contributed by atoms with E-state index in [4.69, 9.17) is 4.74 Å². The summed E-state index contributed by atoms with van der Waals surface area (Å²) in [5.74, 6) is 0.0439. The zero-order chi connectivity index (χ0) is 15.8. The fourth-order valence-corrected chi connectivity index (χ4v) is 2.56. The van der Waals surface area contributed by atoms with E-state index in [1.807, 2.05) is 45.0 Å². The van der Waals surface area contributed by atoms with Crippen LogP contribution in [0.1, 0.15) is 25.8 Å². The third-order valence-electron chi connectivity index (χ3n) is 2.92. The number of esters is 1. The number of carbonyl (C=O) groups excluding carboxylic acids is 2. The molecular formula is C16H23NO3S. The first-order valence-corrected chi connectivity index (χ1v) is 7.97. The van der Waals surface area contributed by atoms with Crippen molar-refractivity contribution in [3.05, 3.63) is 29.8 Å². The lowest BCUT2D eigenvalue weighted by Crippen LogP contribution is -2.43. The molecule has 1 atom stereocenters. The van der Waals surface area contributed by atoms with Gasteiger partial charge in [-0.05, 0) is 31.4 Å². The first kappa shape index (κ1) is 17.6. The molecular weight excluding hydrogens is 286 g/mol. The summed E-state index contributed by atoms with van der Waals surface area (Å²) in [6.45, 7) is 6.03. The van der Waals surface area contributed by atoms with Crippen LogP contribution in [-0.2, 0) is 14.3 Å². The van der Waals surface area contributed by atoms with Crippen LogP contribution in [0.4, 0.5) is 0 Å². The molecule has 5 heteroatoms. The lowest BCUT2D eigenvalue weighted by atomic mass is 10.0. The summed E-state index contributed by atoms with van der Waals surface area (Å²) in [7, 11) is 1.34. The predicted octanol–water partition coefficient (Wildman–Crippen LogP) is 2.79. The standard InChI is InChI=1S/C16H23NO3S/c1-11(2)9-14(16(19)20-4)17-15(18)10-21-13-7-5-12(3)6-8-13/h5-8,11,14H,9-10H2,1-4H3,(H,17,18). The minimum absolute atomic E-state index is 0.156. The van der Waals surface area contributed by atoms with Gasteiger partial charge in [-0.3, -0.25) is 4.79 Å². The van der Waals surface area contributed by atoms with Crippen molar-refractivity contribution in [1.29, 1.82) is 0 Å². The molecule has 0 saturated heterocycles. The monoisotopic (exact) mass is 309 g/mol. The van der Waals surface area contributed by atoms with Gasteiger partial charge < -0.3 is 10.1 Å². The molecule has 1 amide bonds. The number of hydrogen-bond donors (Lipinski definition) is 1. The van der Waals surface area contributed by atoms with Crippen molar-refractivity contribution in [3.8, 4) is 0 Å². The molecule has 4 nitrogen and oxygen atoms in total. The Morgan fingerprint density at radius 2 is 1.86 bits per heavy atom. The summed E-state index contributed by atoms with van der Waals surface area (Å²) in [6, 6.07) is 7.42. The minimum Gasteiger partial charge on any atom is -0.467 e. The van der Waals surface area contributed by atoms with Gasteiger partial charge >= 0.3 is 5.97 Å².